The van der Waals surface area contributed by atoms with Gasteiger partial charge in [0.2, 0.25) is 5.91 Å². The predicted octanol–water partition coefficient (Wildman–Crippen LogP) is 3.66. The molecule has 0 radical (unpaired) electrons. The van der Waals surface area contributed by atoms with Gasteiger partial charge in [-0.25, -0.2) is 0 Å². The fraction of sp³-hybridized carbons (Fsp3) is 0.389. The van der Waals surface area contributed by atoms with Crippen LogP contribution in [0, 0.1) is 6.92 Å². The first-order chi connectivity index (χ1) is 11.0. The number of carbonyl (C=O) groups excluding carboxylic acids is 1. The number of methoxy groups -OCH3 is 2. The average molecular weight is 333 g/mol. The number of benzene rings is 1. The molecule has 5 heteroatoms. The fourth-order valence-electron chi connectivity index (χ4n) is 2.38. The van der Waals surface area contributed by atoms with Crippen molar-refractivity contribution in [1.82, 2.24) is 4.90 Å². The van der Waals surface area contributed by atoms with Gasteiger partial charge in [0.05, 0.1) is 20.8 Å². The lowest BCUT2D eigenvalue weighted by molar-refractivity contribution is -0.130. The Morgan fingerprint density at radius 1 is 1.22 bits per heavy atom. The van der Waals surface area contributed by atoms with E-state index in [1.165, 1.54) is 10.4 Å². The van der Waals surface area contributed by atoms with Crippen molar-refractivity contribution in [1.29, 1.82) is 0 Å². The number of amides is 1. The fourth-order valence-corrected chi connectivity index (χ4v) is 3.34. The highest BCUT2D eigenvalue weighted by Gasteiger charge is 2.13. The number of hydrogen-bond acceptors (Lipinski definition) is 4. The Morgan fingerprint density at radius 3 is 2.61 bits per heavy atom. The maximum atomic E-state index is 12.4. The van der Waals surface area contributed by atoms with Gasteiger partial charge < -0.3 is 14.4 Å². The summed E-state index contributed by atoms with van der Waals surface area (Å²) in [6.07, 6.45) is 1.08. The Balaban J connectivity index is 1.97. The quantitative estimate of drug-likeness (QED) is 0.776. The summed E-state index contributed by atoms with van der Waals surface area (Å²) in [5, 5.41) is 2.06. The molecule has 2 aromatic rings. The molecule has 1 aromatic carbocycles. The van der Waals surface area contributed by atoms with Crippen LogP contribution in [-0.4, -0.2) is 32.1 Å². The lowest BCUT2D eigenvalue weighted by atomic mass is 10.1. The van der Waals surface area contributed by atoms with Crippen LogP contribution in [0.2, 0.25) is 0 Å². The van der Waals surface area contributed by atoms with Crippen LogP contribution >= 0.6 is 11.3 Å². The Morgan fingerprint density at radius 2 is 2.00 bits per heavy atom. The van der Waals surface area contributed by atoms with Gasteiger partial charge in [0.1, 0.15) is 11.5 Å². The number of hydrogen-bond donors (Lipinski definition) is 0. The zero-order valence-electron chi connectivity index (χ0n) is 14.1. The molecule has 0 N–H and O–H groups in total. The molecule has 4 nitrogen and oxygen atoms in total. The summed E-state index contributed by atoms with van der Waals surface area (Å²) < 4.78 is 10.6. The molecular formula is C18H23NO3S. The van der Waals surface area contributed by atoms with Gasteiger partial charge in [-0.2, -0.15) is 0 Å². The lowest BCUT2D eigenvalue weighted by Gasteiger charge is -2.17. The van der Waals surface area contributed by atoms with E-state index in [0.29, 0.717) is 19.4 Å². The monoisotopic (exact) mass is 333 g/mol. The van der Waals surface area contributed by atoms with Crippen molar-refractivity contribution in [3.8, 4) is 11.5 Å². The Labute approximate surface area is 141 Å². The van der Waals surface area contributed by atoms with Crippen LogP contribution < -0.4 is 9.47 Å². The van der Waals surface area contributed by atoms with Gasteiger partial charge in [0.15, 0.2) is 0 Å². The topological polar surface area (TPSA) is 38.8 Å². The van der Waals surface area contributed by atoms with Crippen LogP contribution in [0.25, 0.3) is 0 Å². The first-order valence-corrected chi connectivity index (χ1v) is 8.41. The molecule has 0 aliphatic heterocycles. The van der Waals surface area contributed by atoms with Crippen LogP contribution in [0.15, 0.2) is 29.6 Å². The van der Waals surface area contributed by atoms with Gasteiger partial charge in [-0.15, -0.1) is 11.3 Å². The largest absolute Gasteiger partial charge is 0.497 e. The maximum absolute atomic E-state index is 12.4. The minimum absolute atomic E-state index is 0.127. The highest BCUT2D eigenvalue weighted by molar-refractivity contribution is 7.10. The molecule has 2 rings (SSSR count). The van der Waals surface area contributed by atoms with E-state index in [4.69, 9.17) is 9.47 Å². The molecule has 23 heavy (non-hydrogen) atoms. The van der Waals surface area contributed by atoms with E-state index >= 15 is 0 Å². The van der Waals surface area contributed by atoms with Gasteiger partial charge in [-0.05, 0) is 54.1 Å². The molecule has 0 bridgehead atoms. The van der Waals surface area contributed by atoms with Crippen molar-refractivity contribution in [2.24, 2.45) is 0 Å². The number of ether oxygens (including phenoxy) is 2. The standard InChI is InChI=1S/C18H23NO3S/c1-13-9-10-23-17(13)12-19(2)18(20)8-5-14-11-15(21-3)6-7-16(14)22-4/h6-7,9-11H,5,8,12H2,1-4H3. The molecule has 0 saturated carbocycles. The van der Waals surface area contributed by atoms with Gasteiger partial charge in [0.25, 0.3) is 0 Å². The second kappa shape index (κ2) is 8.02. The van der Waals surface area contributed by atoms with E-state index in [2.05, 4.69) is 18.4 Å². The second-order valence-corrected chi connectivity index (χ2v) is 6.46. The molecule has 0 atom stereocenters. The SMILES string of the molecule is COc1ccc(OC)c(CCC(=O)N(C)Cc2sccc2C)c1. The summed E-state index contributed by atoms with van der Waals surface area (Å²) in [7, 11) is 5.12. The van der Waals surface area contributed by atoms with E-state index in [1.807, 2.05) is 25.2 Å². The van der Waals surface area contributed by atoms with Crippen molar-refractivity contribution in [2.75, 3.05) is 21.3 Å². The number of nitrogens with zero attached hydrogens (tertiary/aromatic N) is 1. The molecule has 0 fully saturated rings. The molecule has 0 spiro atoms. The first-order valence-electron chi connectivity index (χ1n) is 7.53. The summed E-state index contributed by atoms with van der Waals surface area (Å²) in [4.78, 5) is 15.4. The lowest BCUT2D eigenvalue weighted by Crippen LogP contribution is -2.26. The summed E-state index contributed by atoms with van der Waals surface area (Å²) >= 11 is 1.69. The van der Waals surface area contributed by atoms with Crippen LogP contribution in [0.1, 0.15) is 22.4 Å². The Hall–Kier alpha value is -2.01. The van der Waals surface area contributed by atoms with Gasteiger partial charge in [0, 0.05) is 18.3 Å². The Kier molecular flexibility index (Phi) is 6.04. The smallest absolute Gasteiger partial charge is 0.222 e. The minimum Gasteiger partial charge on any atom is -0.497 e. The molecule has 0 aliphatic carbocycles. The van der Waals surface area contributed by atoms with Crippen molar-refractivity contribution in [3.05, 3.63) is 45.6 Å². The van der Waals surface area contributed by atoms with Crippen molar-refractivity contribution < 1.29 is 14.3 Å². The highest BCUT2D eigenvalue weighted by atomic mass is 32.1. The van der Waals surface area contributed by atoms with Crippen LogP contribution in [0.3, 0.4) is 0 Å². The maximum Gasteiger partial charge on any atom is 0.222 e. The normalized spacial score (nSPS) is 10.4. The van der Waals surface area contributed by atoms with Gasteiger partial charge in [-0.1, -0.05) is 0 Å². The zero-order chi connectivity index (χ0) is 16.8. The highest BCUT2D eigenvalue weighted by Crippen LogP contribution is 2.25. The van der Waals surface area contributed by atoms with Crippen LogP contribution in [0.4, 0.5) is 0 Å². The molecule has 1 amide bonds. The van der Waals surface area contributed by atoms with Crippen LogP contribution in [0.5, 0.6) is 11.5 Å². The molecule has 124 valence electrons. The van der Waals surface area contributed by atoms with E-state index in [9.17, 15) is 4.79 Å². The third-order valence-corrected chi connectivity index (χ3v) is 4.88. The zero-order valence-corrected chi connectivity index (χ0v) is 14.9. The predicted molar refractivity (Wildman–Crippen MR) is 93.4 cm³/mol. The number of rotatable bonds is 7. The molecule has 1 heterocycles. The Bertz CT molecular complexity index is 666. The molecular weight excluding hydrogens is 310 g/mol. The van der Waals surface area contributed by atoms with Crippen molar-refractivity contribution >= 4 is 17.2 Å². The molecule has 1 aromatic heterocycles. The number of thiophene rings is 1. The van der Waals surface area contributed by atoms with Crippen molar-refractivity contribution in [2.45, 2.75) is 26.3 Å². The summed E-state index contributed by atoms with van der Waals surface area (Å²) in [6, 6.07) is 7.74. The molecule has 0 saturated heterocycles. The summed E-state index contributed by atoms with van der Waals surface area (Å²) in [5.74, 6) is 1.69. The summed E-state index contributed by atoms with van der Waals surface area (Å²) in [6.45, 7) is 2.74. The average Bonchev–Trinajstić information content (AvgIpc) is 2.97. The second-order valence-electron chi connectivity index (χ2n) is 5.45. The van der Waals surface area contributed by atoms with E-state index in [1.54, 1.807) is 30.5 Å². The van der Waals surface area contributed by atoms with E-state index in [0.717, 1.165) is 17.1 Å². The minimum atomic E-state index is 0.127. The van der Waals surface area contributed by atoms with Gasteiger partial charge in [-0.3, -0.25) is 4.79 Å². The molecule has 0 unspecified atom stereocenters. The van der Waals surface area contributed by atoms with Crippen LogP contribution in [-0.2, 0) is 17.8 Å². The van der Waals surface area contributed by atoms with Gasteiger partial charge >= 0.3 is 0 Å². The summed E-state index contributed by atoms with van der Waals surface area (Å²) in [5.41, 5.74) is 2.23. The third kappa shape index (κ3) is 4.48. The number of carbonyl (C=O) groups is 1. The van der Waals surface area contributed by atoms with E-state index in [-0.39, 0.29) is 5.91 Å². The number of aryl methyl sites for hydroxylation is 2. The first kappa shape index (κ1) is 17.3. The third-order valence-electron chi connectivity index (χ3n) is 3.87. The van der Waals surface area contributed by atoms with Crippen molar-refractivity contribution in [3.63, 3.8) is 0 Å². The van der Waals surface area contributed by atoms with E-state index < -0.39 is 0 Å². The molecule has 0 aliphatic rings.